The predicted molar refractivity (Wildman–Crippen MR) is 89.5 cm³/mol. The molecule has 1 N–H and O–H groups in total. The highest BCUT2D eigenvalue weighted by atomic mass is 19.1. The molecule has 1 aromatic heterocycles. The van der Waals surface area contributed by atoms with Crippen molar-refractivity contribution >= 4 is 0 Å². The second-order valence-corrected chi connectivity index (χ2v) is 6.50. The molecule has 124 valence electrons. The Labute approximate surface area is 137 Å². The zero-order valence-corrected chi connectivity index (χ0v) is 13.7. The summed E-state index contributed by atoms with van der Waals surface area (Å²) >= 11 is 0. The van der Waals surface area contributed by atoms with Gasteiger partial charge in [-0.25, -0.2) is 9.37 Å². The van der Waals surface area contributed by atoms with Gasteiger partial charge in [0.25, 0.3) is 0 Å². The zero-order valence-electron chi connectivity index (χ0n) is 13.7. The van der Waals surface area contributed by atoms with Crippen molar-refractivity contribution in [1.82, 2.24) is 19.8 Å². The van der Waals surface area contributed by atoms with Crippen LogP contribution in [0.2, 0.25) is 0 Å². The van der Waals surface area contributed by atoms with Crippen LogP contribution in [0.25, 0.3) is 0 Å². The van der Waals surface area contributed by atoms with Crippen LogP contribution < -0.4 is 5.32 Å². The third-order valence-corrected chi connectivity index (χ3v) is 4.47. The van der Waals surface area contributed by atoms with E-state index in [1.807, 2.05) is 30.9 Å². The van der Waals surface area contributed by atoms with E-state index in [0.717, 1.165) is 39.0 Å². The maximum absolute atomic E-state index is 12.9. The summed E-state index contributed by atoms with van der Waals surface area (Å²) in [6.45, 7) is 6.28. The first-order valence-electron chi connectivity index (χ1n) is 8.37. The molecule has 0 spiro atoms. The van der Waals surface area contributed by atoms with Gasteiger partial charge in [0.15, 0.2) is 0 Å². The maximum atomic E-state index is 12.9. The molecule has 1 unspecified atom stereocenters. The zero-order chi connectivity index (χ0) is 16.1. The summed E-state index contributed by atoms with van der Waals surface area (Å²) in [6.07, 6.45) is 8.01. The molecule has 0 amide bonds. The van der Waals surface area contributed by atoms with Crippen LogP contribution in [0, 0.1) is 5.82 Å². The smallest absolute Gasteiger partial charge is 0.123 e. The lowest BCUT2D eigenvalue weighted by Crippen LogP contribution is -2.46. The Morgan fingerprint density at radius 2 is 2.00 bits per heavy atom. The molecular formula is C18H25FN4. The Morgan fingerprint density at radius 1 is 1.26 bits per heavy atom. The van der Waals surface area contributed by atoms with E-state index in [0.29, 0.717) is 12.1 Å². The lowest BCUT2D eigenvalue weighted by molar-refractivity contribution is 0.183. The molecule has 0 saturated carbocycles. The van der Waals surface area contributed by atoms with E-state index in [9.17, 15) is 4.39 Å². The number of rotatable bonds is 6. The van der Waals surface area contributed by atoms with Gasteiger partial charge < -0.3 is 9.88 Å². The van der Waals surface area contributed by atoms with Crippen molar-refractivity contribution in [1.29, 1.82) is 0 Å². The molecule has 5 heteroatoms. The van der Waals surface area contributed by atoms with E-state index in [2.05, 4.69) is 26.7 Å². The quantitative estimate of drug-likeness (QED) is 0.889. The number of imidazole rings is 1. The maximum Gasteiger partial charge on any atom is 0.123 e. The number of nitrogens with zero attached hydrogens (tertiary/aromatic N) is 3. The predicted octanol–water partition coefficient (Wildman–Crippen LogP) is 2.66. The minimum atomic E-state index is -0.163. The molecule has 1 aliphatic rings. The van der Waals surface area contributed by atoms with Gasteiger partial charge in [-0.1, -0.05) is 12.1 Å². The van der Waals surface area contributed by atoms with E-state index in [-0.39, 0.29) is 5.82 Å². The van der Waals surface area contributed by atoms with Gasteiger partial charge in [-0.3, -0.25) is 4.90 Å². The number of piperidine rings is 1. The van der Waals surface area contributed by atoms with Gasteiger partial charge in [0, 0.05) is 37.6 Å². The molecule has 1 fully saturated rings. The number of hydrogen-bond acceptors (Lipinski definition) is 3. The number of aromatic nitrogens is 2. The van der Waals surface area contributed by atoms with Crippen LogP contribution in [0.3, 0.4) is 0 Å². The molecule has 23 heavy (non-hydrogen) atoms. The Balaban J connectivity index is 1.40. The fraction of sp³-hybridized carbons (Fsp3) is 0.500. The normalized spacial score (nSPS) is 18.2. The van der Waals surface area contributed by atoms with E-state index >= 15 is 0 Å². The minimum absolute atomic E-state index is 0.163. The van der Waals surface area contributed by atoms with Crippen LogP contribution in [0.4, 0.5) is 4.39 Å². The Kier molecular flexibility index (Phi) is 5.41. The summed E-state index contributed by atoms with van der Waals surface area (Å²) in [5.74, 6) is -0.163. The molecule has 0 aliphatic carbocycles. The van der Waals surface area contributed by atoms with Crippen LogP contribution in [0.15, 0.2) is 43.0 Å². The first-order valence-corrected chi connectivity index (χ1v) is 8.37. The monoisotopic (exact) mass is 316 g/mol. The van der Waals surface area contributed by atoms with E-state index < -0.39 is 0 Å². The van der Waals surface area contributed by atoms with E-state index in [1.165, 1.54) is 5.56 Å². The Hall–Kier alpha value is -1.72. The van der Waals surface area contributed by atoms with Crippen molar-refractivity contribution in [3.8, 4) is 0 Å². The molecule has 1 aromatic carbocycles. The fourth-order valence-corrected chi connectivity index (χ4v) is 3.27. The lowest BCUT2D eigenvalue weighted by atomic mass is 10.0. The van der Waals surface area contributed by atoms with Gasteiger partial charge in [-0.15, -0.1) is 0 Å². The molecule has 2 heterocycles. The van der Waals surface area contributed by atoms with Crippen molar-refractivity contribution in [3.63, 3.8) is 0 Å². The first-order chi connectivity index (χ1) is 11.2. The average molecular weight is 316 g/mol. The van der Waals surface area contributed by atoms with Gasteiger partial charge >= 0.3 is 0 Å². The van der Waals surface area contributed by atoms with Crippen LogP contribution in [-0.2, 0) is 13.1 Å². The van der Waals surface area contributed by atoms with Crippen LogP contribution >= 0.6 is 0 Å². The number of likely N-dealkylation sites (tertiary alicyclic amines) is 1. The van der Waals surface area contributed by atoms with Crippen LogP contribution in [0.5, 0.6) is 0 Å². The van der Waals surface area contributed by atoms with Crippen molar-refractivity contribution in [2.24, 2.45) is 0 Å². The van der Waals surface area contributed by atoms with Gasteiger partial charge in [-0.05, 0) is 50.6 Å². The molecule has 2 aromatic rings. The molecule has 1 aliphatic heterocycles. The van der Waals surface area contributed by atoms with Crippen molar-refractivity contribution in [3.05, 3.63) is 54.4 Å². The summed E-state index contributed by atoms with van der Waals surface area (Å²) in [6, 6.07) is 7.87. The summed E-state index contributed by atoms with van der Waals surface area (Å²) < 4.78 is 15.1. The second-order valence-electron chi connectivity index (χ2n) is 6.50. The fourth-order valence-electron chi connectivity index (χ4n) is 3.27. The summed E-state index contributed by atoms with van der Waals surface area (Å²) in [5.41, 5.74) is 1.19. The Bertz CT molecular complexity index is 574. The largest absolute Gasteiger partial charge is 0.336 e. The third-order valence-electron chi connectivity index (χ3n) is 4.47. The number of hydrogen-bond donors (Lipinski definition) is 1. The van der Waals surface area contributed by atoms with Crippen LogP contribution in [-0.4, -0.2) is 39.6 Å². The van der Waals surface area contributed by atoms with Crippen molar-refractivity contribution in [2.45, 2.75) is 44.9 Å². The topological polar surface area (TPSA) is 33.1 Å². The minimum Gasteiger partial charge on any atom is -0.336 e. The second kappa shape index (κ2) is 7.70. The Morgan fingerprint density at radius 3 is 2.65 bits per heavy atom. The first kappa shape index (κ1) is 16.1. The highest BCUT2D eigenvalue weighted by molar-refractivity contribution is 5.16. The third kappa shape index (κ3) is 4.88. The molecule has 3 rings (SSSR count). The summed E-state index contributed by atoms with van der Waals surface area (Å²) in [4.78, 5) is 6.53. The number of halogens is 1. The van der Waals surface area contributed by atoms with Gasteiger partial charge in [0.1, 0.15) is 5.82 Å². The van der Waals surface area contributed by atoms with Crippen molar-refractivity contribution < 1.29 is 4.39 Å². The molecule has 1 saturated heterocycles. The molecule has 0 radical (unpaired) electrons. The summed E-state index contributed by atoms with van der Waals surface area (Å²) in [5, 5.41) is 3.72. The summed E-state index contributed by atoms with van der Waals surface area (Å²) in [7, 11) is 0. The SMILES string of the molecule is CC(Cn1ccnc1)NC1CCN(Cc2ccc(F)cc2)CC1. The van der Waals surface area contributed by atoms with E-state index in [1.54, 1.807) is 12.1 Å². The van der Waals surface area contributed by atoms with Crippen molar-refractivity contribution in [2.75, 3.05) is 13.1 Å². The molecule has 0 bridgehead atoms. The number of benzene rings is 1. The highest BCUT2D eigenvalue weighted by Gasteiger charge is 2.20. The average Bonchev–Trinajstić information content (AvgIpc) is 3.04. The van der Waals surface area contributed by atoms with Gasteiger partial charge in [-0.2, -0.15) is 0 Å². The lowest BCUT2D eigenvalue weighted by Gasteiger charge is -2.34. The van der Waals surface area contributed by atoms with E-state index in [4.69, 9.17) is 0 Å². The molecule has 1 atom stereocenters. The van der Waals surface area contributed by atoms with Gasteiger partial charge in [0.05, 0.1) is 6.33 Å². The number of nitrogens with one attached hydrogen (secondary N) is 1. The van der Waals surface area contributed by atoms with Gasteiger partial charge in [0.2, 0.25) is 0 Å². The standard InChI is InChI=1S/C18H25FN4/c1-15(12-23-11-8-20-14-23)21-18-6-9-22(10-7-18)13-16-2-4-17(19)5-3-16/h2-5,8,11,14-15,18,21H,6-7,9-10,12-13H2,1H3. The van der Waals surface area contributed by atoms with Crippen LogP contribution in [0.1, 0.15) is 25.3 Å². The molecular weight excluding hydrogens is 291 g/mol. The highest BCUT2D eigenvalue weighted by Crippen LogP contribution is 2.15. The molecule has 4 nitrogen and oxygen atoms in total.